The number of piperidine rings is 1. The van der Waals surface area contributed by atoms with Crippen LogP contribution >= 0.6 is 15.9 Å². The molecule has 0 bridgehead atoms. The molecule has 19 heavy (non-hydrogen) atoms. The third-order valence-corrected chi connectivity index (χ3v) is 4.01. The molecule has 0 saturated carbocycles. The van der Waals surface area contributed by atoms with Gasteiger partial charge in [0, 0.05) is 27.5 Å². The summed E-state index contributed by atoms with van der Waals surface area (Å²) in [6.45, 7) is 1.98. The van der Waals surface area contributed by atoms with Gasteiger partial charge in [0.2, 0.25) is 11.8 Å². The molecule has 1 saturated heterocycles. The lowest BCUT2D eigenvalue weighted by atomic mass is 10.1. The molecule has 1 aromatic carbocycles. The van der Waals surface area contributed by atoms with Gasteiger partial charge in [0.1, 0.15) is 6.04 Å². The van der Waals surface area contributed by atoms with E-state index in [9.17, 15) is 9.59 Å². The topological polar surface area (TPSA) is 51.1 Å². The third kappa shape index (κ3) is 2.08. The van der Waals surface area contributed by atoms with Crippen molar-refractivity contribution < 1.29 is 9.59 Å². The molecule has 5 heteroatoms. The molecule has 1 fully saturated rings. The number of fused-ring (bicyclic) bond motifs is 1. The van der Waals surface area contributed by atoms with E-state index in [1.165, 1.54) is 0 Å². The van der Waals surface area contributed by atoms with Gasteiger partial charge in [0.15, 0.2) is 0 Å². The van der Waals surface area contributed by atoms with Gasteiger partial charge < -0.3 is 4.57 Å². The summed E-state index contributed by atoms with van der Waals surface area (Å²) in [6, 6.07) is 7.76. The Kier molecular flexibility index (Phi) is 2.93. The van der Waals surface area contributed by atoms with E-state index in [0.29, 0.717) is 12.8 Å². The number of hydrogen-bond acceptors (Lipinski definition) is 2. The van der Waals surface area contributed by atoms with Crippen molar-refractivity contribution in [1.82, 2.24) is 9.88 Å². The molecule has 0 radical (unpaired) electrons. The van der Waals surface area contributed by atoms with Crippen molar-refractivity contribution in [1.29, 1.82) is 0 Å². The van der Waals surface area contributed by atoms with Crippen molar-refractivity contribution >= 4 is 38.6 Å². The van der Waals surface area contributed by atoms with Gasteiger partial charge in [-0.25, -0.2) is 0 Å². The monoisotopic (exact) mass is 320 g/mol. The second kappa shape index (κ2) is 4.49. The standard InChI is InChI=1S/C14H13BrN2O2/c1-8-6-9-7-10(15)2-3-11(9)17(8)12-4-5-13(18)16-14(12)19/h2-3,6-7,12H,4-5H2,1H3,(H,16,18,19). The van der Waals surface area contributed by atoms with Crippen molar-refractivity contribution in [3.63, 3.8) is 0 Å². The maximum absolute atomic E-state index is 12.0. The van der Waals surface area contributed by atoms with Crippen molar-refractivity contribution in [3.8, 4) is 0 Å². The molecule has 1 aliphatic rings. The van der Waals surface area contributed by atoms with Gasteiger partial charge in [-0.3, -0.25) is 14.9 Å². The van der Waals surface area contributed by atoms with E-state index in [1.807, 2.05) is 29.7 Å². The van der Waals surface area contributed by atoms with Crippen LogP contribution in [-0.2, 0) is 9.59 Å². The minimum Gasteiger partial charge on any atom is -0.332 e. The van der Waals surface area contributed by atoms with Crippen LogP contribution in [0.1, 0.15) is 24.6 Å². The smallest absolute Gasteiger partial charge is 0.249 e. The van der Waals surface area contributed by atoms with Crippen molar-refractivity contribution in [3.05, 3.63) is 34.4 Å². The second-order valence-electron chi connectivity index (χ2n) is 4.83. The molecular weight excluding hydrogens is 308 g/mol. The van der Waals surface area contributed by atoms with Gasteiger partial charge in [0.05, 0.1) is 0 Å². The fraction of sp³-hybridized carbons (Fsp3) is 0.286. The summed E-state index contributed by atoms with van der Waals surface area (Å²) in [7, 11) is 0. The molecule has 1 aromatic heterocycles. The Balaban J connectivity index is 2.12. The number of nitrogens with zero attached hydrogens (tertiary/aromatic N) is 1. The lowest BCUT2D eigenvalue weighted by Gasteiger charge is -2.24. The summed E-state index contributed by atoms with van der Waals surface area (Å²) in [5.74, 6) is -0.391. The first-order valence-corrected chi connectivity index (χ1v) is 6.96. The van der Waals surface area contributed by atoms with E-state index >= 15 is 0 Å². The molecule has 2 aromatic rings. The molecule has 2 heterocycles. The Hall–Kier alpha value is -1.62. The zero-order valence-corrected chi connectivity index (χ0v) is 12.0. The highest BCUT2D eigenvalue weighted by atomic mass is 79.9. The number of benzene rings is 1. The molecule has 4 nitrogen and oxygen atoms in total. The predicted molar refractivity (Wildman–Crippen MR) is 75.8 cm³/mol. The largest absolute Gasteiger partial charge is 0.332 e. The van der Waals surface area contributed by atoms with Gasteiger partial charge in [-0.15, -0.1) is 0 Å². The molecule has 1 N–H and O–H groups in total. The number of imide groups is 1. The quantitative estimate of drug-likeness (QED) is 0.821. The van der Waals surface area contributed by atoms with Crippen LogP contribution in [0.4, 0.5) is 0 Å². The Bertz CT molecular complexity index is 690. The molecule has 0 spiro atoms. The van der Waals surface area contributed by atoms with Crippen LogP contribution in [0, 0.1) is 6.92 Å². The number of hydrogen-bond donors (Lipinski definition) is 1. The van der Waals surface area contributed by atoms with Crippen LogP contribution < -0.4 is 5.32 Å². The van der Waals surface area contributed by atoms with Crippen molar-refractivity contribution in [2.45, 2.75) is 25.8 Å². The normalized spacial score (nSPS) is 19.8. The van der Waals surface area contributed by atoms with E-state index in [-0.39, 0.29) is 17.9 Å². The molecule has 0 aliphatic carbocycles. The predicted octanol–water partition coefficient (Wildman–Crippen LogP) is 2.69. The number of rotatable bonds is 1. The molecule has 2 amide bonds. The summed E-state index contributed by atoms with van der Waals surface area (Å²) in [5, 5.41) is 3.51. The Morgan fingerprint density at radius 3 is 2.84 bits per heavy atom. The van der Waals surface area contributed by atoms with Crippen LogP contribution in [0.25, 0.3) is 10.9 Å². The highest BCUT2D eigenvalue weighted by molar-refractivity contribution is 9.10. The molecule has 1 atom stereocenters. The molecule has 1 aliphatic heterocycles. The highest BCUT2D eigenvalue weighted by Gasteiger charge is 2.29. The van der Waals surface area contributed by atoms with E-state index in [2.05, 4.69) is 27.3 Å². The summed E-state index contributed by atoms with van der Waals surface area (Å²) < 4.78 is 3.03. The minimum absolute atomic E-state index is 0.182. The lowest BCUT2D eigenvalue weighted by Crippen LogP contribution is -2.41. The SMILES string of the molecule is Cc1cc2cc(Br)ccc2n1C1CCC(=O)NC1=O. The first kappa shape index (κ1) is 12.4. The van der Waals surface area contributed by atoms with Crippen LogP contribution in [0.15, 0.2) is 28.7 Å². The van der Waals surface area contributed by atoms with Crippen LogP contribution in [0.5, 0.6) is 0 Å². The minimum atomic E-state index is -0.295. The van der Waals surface area contributed by atoms with Crippen LogP contribution in [0.2, 0.25) is 0 Å². The lowest BCUT2D eigenvalue weighted by molar-refractivity contribution is -0.135. The van der Waals surface area contributed by atoms with Gasteiger partial charge in [0.25, 0.3) is 0 Å². The zero-order valence-electron chi connectivity index (χ0n) is 10.4. The Morgan fingerprint density at radius 1 is 1.32 bits per heavy atom. The zero-order chi connectivity index (χ0) is 13.6. The Labute approximate surface area is 118 Å². The van der Waals surface area contributed by atoms with E-state index in [4.69, 9.17) is 0 Å². The molecule has 1 unspecified atom stereocenters. The third-order valence-electron chi connectivity index (χ3n) is 3.52. The highest BCUT2D eigenvalue weighted by Crippen LogP contribution is 2.29. The summed E-state index contributed by atoms with van der Waals surface area (Å²) in [5.41, 5.74) is 2.05. The fourth-order valence-electron chi connectivity index (χ4n) is 2.69. The number of amides is 2. The maximum atomic E-state index is 12.0. The summed E-state index contributed by atoms with van der Waals surface area (Å²) in [6.07, 6.45) is 0.956. The number of carbonyl (C=O) groups excluding carboxylic acids is 2. The van der Waals surface area contributed by atoms with Gasteiger partial charge in [-0.1, -0.05) is 15.9 Å². The second-order valence-corrected chi connectivity index (χ2v) is 5.74. The number of halogens is 1. The van der Waals surface area contributed by atoms with E-state index < -0.39 is 0 Å². The number of nitrogens with one attached hydrogen (secondary N) is 1. The van der Waals surface area contributed by atoms with Gasteiger partial charge in [-0.2, -0.15) is 0 Å². The fourth-order valence-corrected chi connectivity index (χ4v) is 3.07. The number of aryl methyl sites for hydroxylation is 1. The first-order valence-electron chi connectivity index (χ1n) is 6.17. The molecular formula is C14H13BrN2O2. The maximum Gasteiger partial charge on any atom is 0.249 e. The number of aromatic nitrogens is 1. The number of carbonyl (C=O) groups is 2. The molecule has 3 rings (SSSR count). The summed E-state index contributed by atoms with van der Waals surface area (Å²) in [4.78, 5) is 23.2. The molecule has 98 valence electrons. The van der Waals surface area contributed by atoms with Crippen molar-refractivity contribution in [2.75, 3.05) is 0 Å². The average molecular weight is 321 g/mol. The van der Waals surface area contributed by atoms with Crippen LogP contribution in [0.3, 0.4) is 0 Å². The first-order chi connectivity index (χ1) is 9.06. The van der Waals surface area contributed by atoms with E-state index in [1.54, 1.807) is 0 Å². The Morgan fingerprint density at radius 2 is 2.11 bits per heavy atom. The average Bonchev–Trinajstić information content (AvgIpc) is 2.65. The van der Waals surface area contributed by atoms with Crippen molar-refractivity contribution in [2.24, 2.45) is 0 Å². The van der Waals surface area contributed by atoms with Crippen LogP contribution in [-0.4, -0.2) is 16.4 Å². The van der Waals surface area contributed by atoms with E-state index in [0.717, 1.165) is 21.1 Å². The van der Waals surface area contributed by atoms with Gasteiger partial charge in [-0.05, 0) is 37.6 Å². The van der Waals surface area contributed by atoms with Gasteiger partial charge >= 0.3 is 0 Å². The summed E-state index contributed by atoms with van der Waals surface area (Å²) >= 11 is 3.45.